The molecular formula is C14H17NO4S. The Labute approximate surface area is 119 Å². The van der Waals surface area contributed by atoms with Gasteiger partial charge in [-0.25, -0.2) is 8.42 Å². The van der Waals surface area contributed by atoms with Crippen molar-refractivity contribution in [3.8, 4) is 11.8 Å². The van der Waals surface area contributed by atoms with Gasteiger partial charge in [-0.3, -0.25) is 0 Å². The average Bonchev–Trinajstić information content (AvgIpc) is 2.85. The third kappa shape index (κ3) is 2.94. The van der Waals surface area contributed by atoms with Gasteiger partial charge in [0.1, 0.15) is 11.8 Å². The van der Waals surface area contributed by atoms with Gasteiger partial charge in [0.25, 0.3) is 0 Å². The zero-order valence-electron chi connectivity index (χ0n) is 11.5. The highest BCUT2D eigenvalue weighted by atomic mass is 32.2. The first-order valence-corrected chi connectivity index (χ1v) is 8.09. The van der Waals surface area contributed by atoms with Crippen molar-refractivity contribution in [2.45, 2.75) is 30.5 Å². The average molecular weight is 295 g/mol. The van der Waals surface area contributed by atoms with E-state index in [4.69, 9.17) is 14.7 Å². The highest BCUT2D eigenvalue weighted by molar-refractivity contribution is 7.91. The molecule has 1 aliphatic rings. The van der Waals surface area contributed by atoms with E-state index in [1.54, 1.807) is 25.1 Å². The zero-order chi connectivity index (χ0) is 14.8. The molecule has 0 radical (unpaired) electrons. The Hall–Kier alpha value is -1.58. The van der Waals surface area contributed by atoms with Gasteiger partial charge in [-0.15, -0.1) is 0 Å². The summed E-state index contributed by atoms with van der Waals surface area (Å²) in [5.41, 5.74) is 1.02. The Balaban J connectivity index is 2.24. The predicted octanol–water partition coefficient (Wildman–Crippen LogP) is 1.66. The molecular weight excluding hydrogens is 278 g/mol. The summed E-state index contributed by atoms with van der Waals surface area (Å²) in [5, 5.41) is 8.46. The number of nitrogens with zero attached hydrogens (tertiary/aromatic N) is 1. The second kappa shape index (κ2) is 5.81. The number of methoxy groups -OCH3 is 1. The first-order valence-electron chi connectivity index (χ1n) is 6.38. The number of sulfone groups is 1. The Morgan fingerprint density at radius 1 is 1.50 bits per heavy atom. The number of hydrogen-bond acceptors (Lipinski definition) is 5. The lowest BCUT2D eigenvalue weighted by molar-refractivity contribution is 0.126. The maximum Gasteiger partial charge on any atom is 0.159 e. The molecule has 1 aromatic carbocycles. The number of ether oxygens (including phenoxy) is 2. The summed E-state index contributed by atoms with van der Waals surface area (Å²) in [6, 6.07) is 6.85. The molecule has 2 rings (SSSR count). The molecule has 1 aliphatic heterocycles. The van der Waals surface area contributed by atoms with Gasteiger partial charge in [-0.1, -0.05) is 6.07 Å². The van der Waals surface area contributed by atoms with Crippen molar-refractivity contribution in [2.75, 3.05) is 13.7 Å². The summed E-state index contributed by atoms with van der Waals surface area (Å²) in [6.07, 6.45) is 0.275. The van der Waals surface area contributed by atoms with Crippen LogP contribution in [0.15, 0.2) is 18.2 Å². The lowest BCUT2D eigenvalue weighted by Crippen LogP contribution is -2.29. The maximum atomic E-state index is 12.4. The molecule has 0 aliphatic carbocycles. The summed E-state index contributed by atoms with van der Waals surface area (Å²) in [4.78, 5) is 0. The minimum Gasteiger partial charge on any atom is -0.495 e. The van der Waals surface area contributed by atoms with Crippen molar-refractivity contribution >= 4 is 9.84 Å². The van der Waals surface area contributed by atoms with Crippen molar-refractivity contribution in [1.82, 2.24) is 0 Å². The van der Waals surface area contributed by atoms with Crippen LogP contribution in [0.1, 0.15) is 24.5 Å². The maximum absolute atomic E-state index is 12.4. The first-order chi connectivity index (χ1) is 9.47. The van der Waals surface area contributed by atoms with Crippen LogP contribution in [0.2, 0.25) is 0 Å². The molecule has 108 valence electrons. The van der Waals surface area contributed by atoms with Crippen LogP contribution in [0.25, 0.3) is 0 Å². The van der Waals surface area contributed by atoms with E-state index >= 15 is 0 Å². The first kappa shape index (κ1) is 14.8. The molecule has 1 aromatic rings. The number of benzene rings is 1. The van der Waals surface area contributed by atoms with E-state index in [1.807, 2.05) is 6.07 Å². The standard InChI is InChI=1S/C14H17NO4S/c1-10-14(5-6-19-10)20(16,17)9-11-3-4-12(8-15)13(7-11)18-2/h3-4,7,10,14H,5-6,9H2,1-2H3. The lowest BCUT2D eigenvalue weighted by atomic mass is 10.1. The topological polar surface area (TPSA) is 76.4 Å². The van der Waals surface area contributed by atoms with Gasteiger partial charge in [0.05, 0.1) is 29.8 Å². The number of nitriles is 1. The molecule has 0 amide bonds. The molecule has 20 heavy (non-hydrogen) atoms. The molecule has 1 fully saturated rings. The fourth-order valence-corrected chi connectivity index (χ4v) is 4.42. The van der Waals surface area contributed by atoms with E-state index in [2.05, 4.69) is 0 Å². The third-order valence-corrected chi connectivity index (χ3v) is 5.80. The van der Waals surface area contributed by atoms with Crippen molar-refractivity contribution in [1.29, 1.82) is 5.26 Å². The van der Waals surface area contributed by atoms with E-state index < -0.39 is 15.1 Å². The highest BCUT2D eigenvalue weighted by Gasteiger charge is 2.35. The van der Waals surface area contributed by atoms with Gasteiger partial charge in [-0.05, 0) is 31.0 Å². The third-order valence-electron chi connectivity index (χ3n) is 3.52. The largest absolute Gasteiger partial charge is 0.495 e. The number of rotatable bonds is 4. The van der Waals surface area contributed by atoms with E-state index in [-0.39, 0.29) is 11.9 Å². The van der Waals surface area contributed by atoms with E-state index in [9.17, 15) is 8.42 Å². The van der Waals surface area contributed by atoms with Gasteiger partial charge in [-0.2, -0.15) is 5.26 Å². The Morgan fingerprint density at radius 3 is 2.80 bits per heavy atom. The zero-order valence-corrected chi connectivity index (χ0v) is 12.3. The summed E-state index contributed by atoms with van der Waals surface area (Å²) in [6.45, 7) is 2.27. The van der Waals surface area contributed by atoms with Gasteiger partial charge in [0.2, 0.25) is 0 Å². The van der Waals surface area contributed by atoms with E-state index in [0.29, 0.717) is 29.9 Å². The Kier molecular flexibility index (Phi) is 4.31. The van der Waals surface area contributed by atoms with E-state index in [0.717, 1.165) is 0 Å². The van der Waals surface area contributed by atoms with Gasteiger partial charge >= 0.3 is 0 Å². The quantitative estimate of drug-likeness (QED) is 0.844. The minimum atomic E-state index is -3.27. The molecule has 0 saturated carbocycles. The van der Waals surface area contributed by atoms with Crippen LogP contribution in [0.3, 0.4) is 0 Å². The molecule has 1 heterocycles. The van der Waals surface area contributed by atoms with Gasteiger partial charge < -0.3 is 9.47 Å². The minimum absolute atomic E-state index is 0.0621. The predicted molar refractivity (Wildman–Crippen MR) is 74.2 cm³/mol. The fraction of sp³-hybridized carbons (Fsp3) is 0.500. The van der Waals surface area contributed by atoms with Gasteiger partial charge in [0.15, 0.2) is 9.84 Å². The second-order valence-corrected chi connectivity index (χ2v) is 7.08. The second-order valence-electron chi connectivity index (χ2n) is 4.86. The van der Waals surface area contributed by atoms with Crippen molar-refractivity contribution in [2.24, 2.45) is 0 Å². The molecule has 2 unspecified atom stereocenters. The van der Waals surface area contributed by atoms with Crippen molar-refractivity contribution in [3.63, 3.8) is 0 Å². The highest BCUT2D eigenvalue weighted by Crippen LogP contribution is 2.26. The van der Waals surface area contributed by atoms with Crippen LogP contribution >= 0.6 is 0 Å². The van der Waals surface area contributed by atoms with Crippen molar-refractivity contribution in [3.05, 3.63) is 29.3 Å². The summed E-state index contributed by atoms with van der Waals surface area (Å²) in [5.74, 6) is 0.337. The molecule has 0 bridgehead atoms. The normalized spacial score (nSPS) is 22.4. The Morgan fingerprint density at radius 2 is 2.25 bits per heavy atom. The van der Waals surface area contributed by atoms with Crippen LogP contribution < -0.4 is 4.74 Å². The van der Waals surface area contributed by atoms with Crippen LogP contribution in [0, 0.1) is 11.3 Å². The monoisotopic (exact) mass is 295 g/mol. The molecule has 0 N–H and O–H groups in total. The van der Waals surface area contributed by atoms with Crippen LogP contribution in [-0.2, 0) is 20.3 Å². The fourth-order valence-electron chi connectivity index (χ4n) is 2.44. The molecule has 0 aromatic heterocycles. The van der Waals surface area contributed by atoms with E-state index in [1.165, 1.54) is 7.11 Å². The number of hydrogen-bond donors (Lipinski definition) is 0. The van der Waals surface area contributed by atoms with Crippen LogP contribution in [0.4, 0.5) is 0 Å². The van der Waals surface area contributed by atoms with Crippen molar-refractivity contribution < 1.29 is 17.9 Å². The smallest absolute Gasteiger partial charge is 0.159 e. The van der Waals surface area contributed by atoms with Crippen LogP contribution in [0.5, 0.6) is 5.75 Å². The molecule has 0 spiro atoms. The molecule has 1 saturated heterocycles. The molecule has 5 nitrogen and oxygen atoms in total. The Bertz CT molecular complexity index is 633. The molecule has 6 heteroatoms. The summed E-state index contributed by atoms with van der Waals surface area (Å²) in [7, 11) is -1.81. The molecule has 2 atom stereocenters. The summed E-state index contributed by atoms with van der Waals surface area (Å²) >= 11 is 0. The SMILES string of the molecule is COc1cc(CS(=O)(=O)C2CCOC2C)ccc1C#N. The van der Waals surface area contributed by atoms with Crippen LogP contribution in [-0.4, -0.2) is 33.5 Å². The van der Waals surface area contributed by atoms with Gasteiger partial charge in [0, 0.05) is 6.61 Å². The lowest BCUT2D eigenvalue weighted by Gasteiger charge is -2.15. The summed E-state index contributed by atoms with van der Waals surface area (Å²) < 4.78 is 35.2.